The van der Waals surface area contributed by atoms with Gasteiger partial charge in [0.2, 0.25) is 0 Å². The molecule has 0 aliphatic heterocycles. The molecule has 0 heterocycles. The number of ether oxygens (including phenoxy) is 1. The Morgan fingerprint density at radius 1 is 1.70 bits per heavy atom. The molecule has 0 radical (unpaired) electrons. The van der Waals surface area contributed by atoms with Crippen molar-refractivity contribution in [2.24, 2.45) is 0 Å². The maximum absolute atomic E-state index is 10.4. The Morgan fingerprint density at radius 3 is 2.70 bits per heavy atom. The molecule has 0 spiro atoms. The monoisotopic (exact) mass is 142 g/mol. The molecule has 1 unspecified atom stereocenters. The van der Waals surface area contributed by atoms with Crippen molar-refractivity contribution in [2.75, 3.05) is 0 Å². The highest BCUT2D eigenvalue weighted by molar-refractivity contribution is 5.66. The van der Waals surface area contributed by atoms with Gasteiger partial charge < -0.3 is 4.74 Å². The van der Waals surface area contributed by atoms with Gasteiger partial charge in [0, 0.05) is 13.3 Å². The van der Waals surface area contributed by atoms with E-state index in [2.05, 4.69) is 0 Å². The molecular weight excluding hydrogens is 128 g/mol. The van der Waals surface area contributed by atoms with E-state index in [9.17, 15) is 4.79 Å². The molecule has 0 N–H and O–H groups in total. The van der Waals surface area contributed by atoms with E-state index in [1.165, 1.54) is 6.92 Å². The highest BCUT2D eigenvalue weighted by Gasteiger charge is 2.00. The van der Waals surface area contributed by atoms with Gasteiger partial charge in [-0.25, -0.2) is 0 Å². The second-order valence-corrected chi connectivity index (χ2v) is 2.22. The summed E-state index contributed by atoms with van der Waals surface area (Å²) in [6.45, 7) is 5.24. The minimum absolute atomic E-state index is 0.00806. The van der Waals surface area contributed by atoms with Gasteiger partial charge in [-0.2, -0.15) is 0 Å². The second-order valence-electron chi connectivity index (χ2n) is 2.22. The Balaban J connectivity index is 3.43. The van der Waals surface area contributed by atoms with Crippen LogP contribution in [0.2, 0.25) is 0 Å². The van der Waals surface area contributed by atoms with Gasteiger partial charge in [0.25, 0.3) is 0 Å². The van der Waals surface area contributed by atoms with Gasteiger partial charge >= 0.3 is 5.97 Å². The lowest BCUT2D eigenvalue weighted by atomic mass is 10.3. The van der Waals surface area contributed by atoms with E-state index in [0.717, 1.165) is 6.42 Å². The van der Waals surface area contributed by atoms with E-state index < -0.39 is 0 Å². The first-order chi connectivity index (χ1) is 4.66. The van der Waals surface area contributed by atoms with Gasteiger partial charge in [0.15, 0.2) is 0 Å². The summed E-state index contributed by atoms with van der Waals surface area (Å²) in [5.41, 5.74) is 0. The third-order valence-electron chi connectivity index (χ3n) is 1.07. The molecule has 0 saturated heterocycles. The van der Waals surface area contributed by atoms with Crippen molar-refractivity contribution in [3.63, 3.8) is 0 Å². The van der Waals surface area contributed by atoms with Gasteiger partial charge in [-0.3, -0.25) is 4.79 Å². The van der Waals surface area contributed by atoms with Gasteiger partial charge in [0.05, 0.1) is 0 Å². The van der Waals surface area contributed by atoms with Gasteiger partial charge in [-0.15, -0.1) is 0 Å². The number of hydrogen-bond acceptors (Lipinski definition) is 2. The molecule has 0 aliphatic rings. The van der Waals surface area contributed by atoms with E-state index in [1.807, 2.05) is 26.0 Å². The standard InChI is InChI=1S/C8H14O2/c1-4-5-6-7(2)10-8(3)9/h4-5,7H,6H2,1-3H3/b5-4-. The van der Waals surface area contributed by atoms with Crippen molar-refractivity contribution in [2.45, 2.75) is 33.3 Å². The van der Waals surface area contributed by atoms with Crippen LogP contribution in [0.4, 0.5) is 0 Å². The molecule has 0 saturated carbocycles. The Kier molecular flexibility index (Phi) is 4.63. The first kappa shape index (κ1) is 9.21. The summed E-state index contributed by atoms with van der Waals surface area (Å²) in [5.74, 6) is -0.211. The molecule has 2 heteroatoms. The lowest BCUT2D eigenvalue weighted by Gasteiger charge is -2.07. The topological polar surface area (TPSA) is 26.3 Å². The number of carbonyl (C=O) groups is 1. The van der Waals surface area contributed by atoms with Crippen molar-refractivity contribution in [1.82, 2.24) is 0 Å². The summed E-state index contributed by atoms with van der Waals surface area (Å²) in [6.07, 6.45) is 4.73. The van der Waals surface area contributed by atoms with E-state index in [-0.39, 0.29) is 12.1 Å². The fraction of sp³-hybridized carbons (Fsp3) is 0.625. The lowest BCUT2D eigenvalue weighted by Crippen LogP contribution is -2.10. The van der Waals surface area contributed by atoms with Crippen LogP contribution in [0.5, 0.6) is 0 Å². The maximum atomic E-state index is 10.4. The molecule has 58 valence electrons. The van der Waals surface area contributed by atoms with Gasteiger partial charge in [0.1, 0.15) is 6.10 Å². The predicted octanol–water partition coefficient (Wildman–Crippen LogP) is 1.90. The third kappa shape index (κ3) is 5.35. The van der Waals surface area contributed by atoms with Crippen LogP contribution < -0.4 is 0 Å². The number of allylic oxidation sites excluding steroid dienone is 1. The summed E-state index contributed by atoms with van der Waals surface area (Å²) in [6, 6.07) is 0. The number of carbonyl (C=O) groups excluding carboxylic acids is 1. The van der Waals surface area contributed by atoms with Crippen LogP contribution in [0.3, 0.4) is 0 Å². The highest BCUT2D eigenvalue weighted by atomic mass is 16.5. The average molecular weight is 142 g/mol. The Bertz CT molecular complexity index is 127. The van der Waals surface area contributed by atoms with E-state index in [0.29, 0.717) is 0 Å². The summed E-state index contributed by atoms with van der Waals surface area (Å²) >= 11 is 0. The Morgan fingerprint density at radius 2 is 2.30 bits per heavy atom. The number of esters is 1. The van der Waals surface area contributed by atoms with Crippen molar-refractivity contribution in [1.29, 1.82) is 0 Å². The molecule has 0 aromatic rings. The van der Waals surface area contributed by atoms with Crippen molar-refractivity contribution in [3.05, 3.63) is 12.2 Å². The molecule has 0 fully saturated rings. The quantitative estimate of drug-likeness (QED) is 0.444. The predicted molar refractivity (Wildman–Crippen MR) is 40.7 cm³/mol. The molecule has 0 amide bonds. The molecule has 0 bridgehead atoms. The zero-order valence-corrected chi connectivity index (χ0v) is 6.76. The largest absolute Gasteiger partial charge is 0.463 e. The lowest BCUT2D eigenvalue weighted by molar-refractivity contribution is -0.145. The van der Waals surface area contributed by atoms with E-state index in [4.69, 9.17) is 4.74 Å². The van der Waals surface area contributed by atoms with E-state index in [1.54, 1.807) is 0 Å². The van der Waals surface area contributed by atoms with Crippen LogP contribution in [0, 0.1) is 0 Å². The second kappa shape index (κ2) is 5.03. The minimum atomic E-state index is -0.211. The van der Waals surface area contributed by atoms with Crippen LogP contribution in [0.1, 0.15) is 27.2 Å². The molecule has 1 atom stereocenters. The van der Waals surface area contributed by atoms with Crippen molar-refractivity contribution < 1.29 is 9.53 Å². The number of hydrogen-bond donors (Lipinski definition) is 0. The number of rotatable bonds is 3. The Labute approximate surface area is 61.9 Å². The molecule has 0 rings (SSSR count). The fourth-order valence-electron chi connectivity index (χ4n) is 0.659. The summed E-state index contributed by atoms with van der Waals surface area (Å²) < 4.78 is 4.86. The Hall–Kier alpha value is -0.790. The van der Waals surface area contributed by atoms with Crippen LogP contribution >= 0.6 is 0 Å². The molecule has 0 aromatic heterocycles. The molecule has 10 heavy (non-hydrogen) atoms. The molecule has 0 aliphatic carbocycles. The molecular formula is C8H14O2. The minimum Gasteiger partial charge on any atom is -0.463 e. The van der Waals surface area contributed by atoms with Crippen LogP contribution in [0.15, 0.2) is 12.2 Å². The van der Waals surface area contributed by atoms with Crippen molar-refractivity contribution in [3.8, 4) is 0 Å². The zero-order chi connectivity index (χ0) is 7.98. The van der Waals surface area contributed by atoms with Crippen LogP contribution in [0.25, 0.3) is 0 Å². The van der Waals surface area contributed by atoms with Gasteiger partial charge in [-0.1, -0.05) is 12.2 Å². The van der Waals surface area contributed by atoms with Crippen LogP contribution in [-0.4, -0.2) is 12.1 Å². The zero-order valence-electron chi connectivity index (χ0n) is 6.76. The third-order valence-corrected chi connectivity index (χ3v) is 1.07. The smallest absolute Gasteiger partial charge is 0.302 e. The molecule has 0 aromatic carbocycles. The first-order valence-corrected chi connectivity index (χ1v) is 3.45. The maximum Gasteiger partial charge on any atom is 0.302 e. The summed E-state index contributed by atoms with van der Waals surface area (Å²) in [7, 11) is 0. The van der Waals surface area contributed by atoms with E-state index >= 15 is 0 Å². The first-order valence-electron chi connectivity index (χ1n) is 3.45. The fourth-order valence-corrected chi connectivity index (χ4v) is 0.659. The summed E-state index contributed by atoms with van der Waals surface area (Å²) in [5, 5.41) is 0. The highest BCUT2D eigenvalue weighted by Crippen LogP contribution is 1.98. The average Bonchev–Trinajstić information content (AvgIpc) is 1.82. The summed E-state index contributed by atoms with van der Waals surface area (Å²) in [4.78, 5) is 10.4. The van der Waals surface area contributed by atoms with Gasteiger partial charge in [-0.05, 0) is 13.8 Å². The molecule has 2 nitrogen and oxygen atoms in total. The normalized spacial score (nSPS) is 13.5. The van der Waals surface area contributed by atoms with Crippen LogP contribution in [-0.2, 0) is 9.53 Å². The SMILES string of the molecule is C/C=C\CC(C)OC(C)=O. The van der Waals surface area contributed by atoms with Crippen molar-refractivity contribution >= 4 is 5.97 Å².